The van der Waals surface area contributed by atoms with Crippen LogP contribution in [0, 0.1) is 6.92 Å². The molecule has 164 valence electrons. The highest BCUT2D eigenvalue weighted by atomic mass is 16.2. The summed E-state index contributed by atoms with van der Waals surface area (Å²) in [5.74, 6) is -0.728. The Morgan fingerprint density at radius 3 is 2.30 bits per heavy atom. The lowest BCUT2D eigenvalue weighted by Gasteiger charge is -2.16. The van der Waals surface area contributed by atoms with Crippen molar-refractivity contribution in [3.8, 4) is 0 Å². The Bertz CT molecular complexity index is 1320. The Hall–Kier alpha value is -4.25. The molecule has 0 aliphatic heterocycles. The van der Waals surface area contributed by atoms with Crippen molar-refractivity contribution in [1.82, 2.24) is 5.32 Å². The molecular formula is C28H24N2O3. The number of benzene rings is 4. The highest BCUT2D eigenvalue weighted by molar-refractivity contribution is 6.10. The van der Waals surface area contributed by atoms with E-state index in [1.54, 1.807) is 24.3 Å². The molecule has 0 saturated carbocycles. The van der Waals surface area contributed by atoms with Crippen molar-refractivity contribution in [2.45, 2.75) is 19.4 Å². The molecule has 0 aromatic heterocycles. The van der Waals surface area contributed by atoms with Crippen LogP contribution in [-0.4, -0.2) is 24.1 Å². The fourth-order valence-electron chi connectivity index (χ4n) is 3.73. The van der Waals surface area contributed by atoms with Crippen LogP contribution < -0.4 is 10.6 Å². The summed E-state index contributed by atoms with van der Waals surface area (Å²) in [6.07, 6.45) is 1.12. The minimum Gasteiger partial charge on any atom is -0.342 e. The topological polar surface area (TPSA) is 75.3 Å². The van der Waals surface area contributed by atoms with E-state index in [1.165, 1.54) is 0 Å². The van der Waals surface area contributed by atoms with Gasteiger partial charge in [0.25, 0.3) is 11.8 Å². The lowest BCUT2D eigenvalue weighted by molar-refractivity contribution is -0.109. The van der Waals surface area contributed by atoms with E-state index in [1.807, 2.05) is 73.7 Å². The molecular weight excluding hydrogens is 412 g/mol. The van der Waals surface area contributed by atoms with E-state index in [4.69, 9.17) is 0 Å². The maximum Gasteiger partial charge on any atom is 0.255 e. The van der Waals surface area contributed by atoms with Crippen molar-refractivity contribution in [3.63, 3.8) is 0 Å². The lowest BCUT2D eigenvalue weighted by Crippen LogP contribution is -2.38. The molecule has 0 aliphatic carbocycles. The smallest absolute Gasteiger partial charge is 0.255 e. The number of amides is 2. The minimum atomic E-state index is -0.676. The monoisotopic (exact) mass is 436 g/mol. The molecule has 0 aliphatic rings. The van der Waals surface area contributed by atoms with Gasteiger partial charge in [0.15, 0.2) is 0 Å². The fourth-order valence-corrected chi connectivity index (χ4v) is 3.73. The van der Waals surface area contributed by atoms with Gasteiger partial charge in [-0.25, -0.2) is 0 Å². The molecule has 2 N–H and O–H groups in total. The number of hydrogen-bond acceptors (Lipinski definition) is 3. The fraction of sp³-hybridized carbons (Fsp3) is 0.107. The number of anilines is 1. The first-order valence-corrected chi connectivity index (χ1v) is 10.7. The van der Waals surface area contributed by atoms with E-state index in [2.05, 4.69) is 10.6 Å². The second kappa shape index (κ2) is 9.92. The van der Waals surface area contributed by atoms with Crippen molar-refractivity contribution in [3.05, 3.63) is 113 Å². The SMILES string of the molecule is Cc1ccc(C(=O)NC(C=O)Cc2ccccc2)c(NC(=O)c2ccc3ccccc3c2)c1. The van der Waals surface area contributed by atoms with E-state index in [9.17, 15) is 14.4 Å². The van der Waals surface area contributed by atoms with Crippen LogP contribution in [0.15, 0.2) is 91.0 Å². The number of carbonyl (C=O) groups excluding carboxylic acids is 3. The van der Waals surface area contributed by atoms with Crippen molar-refractivity contribution in [1.29, 1.82) is 0 Å². The molecule has 1 atom stereocenters. The summed E-state index contributed by atoms with van der Waals surface area (Å²) in [7, 11) is 0. The van der Waals surface area contributed by atoms with Crippen LogP contribution in [-0.2, 0) is 11.2 Å². The Kier molecular flexibility index (Phi) is 6.60. The Labute approximate surface area is 192 Å². The van der Waals surface area contributed by atoms with Crippen LogP contribution in [0.1, 0.15) is 31.8 Å². The maximum absolute atomic E-state index is 13.0. The van der Waals surface area contributed by atoms with E-state index >= 15 is 0 Å². The van der Waals surface area contributed by atoms with Crippen molar-refractivity contribution in [2.24, 2.45) is 0 Å². The van der Waals surface area contributed by atoms with Gasteiger partial charge < -0.3 is 15.4 Å². The zero-order chi connectivity index (χ0) is 23.2. The van der Waals surface area contributed by atoms with Gasteiger partial charge in [0.05, 0.1) is 17.3 Å². The lowest BCUT2D eigenvalue weighted by atomic mass is 10.0. The summed E-state index contributed by atoms with van der Waals surface area (Å²) in [4.78, 5) is 37.6. The molecule has 1 unspecified atom stereocenters. The summed E-state index contributed by atoms with van der Waals surface area (Å²) < 4.78 is 0. The van der Waals surface area contributed by atoms with Gasteiger partial charge in [-0.2, -0.15) is 0 Å². The number of rotatable bonds is 7. The molecule has 0 radical (unpaired) electrons. The van der Waals surface area contributed by atoms with E-state index < -0.39 is 11.9 Å². The highest BCUT2D eigenvalue weighted by Gasteiger charge is 2.18. The minimum absolute atomic E-state index is 0.301. The van der Waals surface area contributed by atoms with E-state index in [-0.39, 0.29) is 5.91 Å². The Morgan fingerprint density at radius 1 is 0.818 bits per heavy atom. The third-order valence-electron chi connectivity index (χ3n) is 5.46. The van der Waals surface area contributed by atoms with Crippen LogP contribution in [0.2, 0.25) is 0 Å². The number of nitrogens with one attached hydrogen (secondary N) is 2. The molecule has 0 bridgehead atoms. The third-order valence-corrected chi connectivity index (χ3v) is 5.46. The molecule has 4 aromatic carbocycles. The molecule has 5 nitrogen and oxygen atoms in total. The average Bonchev–Trinajstić information content (AvgIpc) is 2.84. The predicted octanol–water partition coefficient (Wildman–Crippen LogP) is 4.94. The van der Waals surface area contributed by atoms with E-state index in [0.29, 0.717) is 23.2 Å². The summed E-state index contributed by atoms with van der Waals surface area (Å²) >= 11 is 0. The molecule has 4 rings (SSSR count). The number of aldehydes is 1. The summed E-state index contributed by atoms with van der Waals surface area (Å²) in [6, 6.07) is 27.3. The average molecular weight is 437 g/mol. The standard InChI is InChI=1S/C28H24N2O3/c1-19-11-14-25(28(33)29-24(18-31)16-20-7-3-2-4-8-20)26(15-19)30-27(32)23-13-12-21-9-5-6-10-22(21)17-23/h2-15,17-18,24H,16H2,1H3,(H,29,33)(H,30,32). The molecule has 0 heterocycles. The highest BCUT2D eigenvalue weighted by Crippen LogP contribution is 2.21. The summed E-state index contributed by atoms with van der Waals surface area (Å²) in [5.41, 5.74) is 3.04. The zero-order valence-corrected chi connectivity index (χ0v) is 18.2. The third kappa shape index (κ3) is 5.33. The number of hydrogen-bond donors (Lipinski definition) is 2. The van der Waals surface area contributed by atoms with Crippen LogP contribution >= 0.6 is 0 Å². The second-order valence-electron chi connectivity index (χ2n) is 7.97. The molecule has 0 fully saturated rings. The van der Waals surface area contributed by atoms with Crippen LogP contribution in [0.25, 0.3) is 10.8 Å². The van der Waals surface area contributed by atoms with Gasteiger partial charge in [0.1, 0.15) is 6.29 Å². The van der Waals surface area contributed by atoms with Gasteiger partial charge in [-0.05, 0) is 59.5 Å². The van der Waals surface area contributed by atoms with Crippen LogP contribution in [0.4, 0.5) is 5.69 Å². The van der Waals surface area contributed by atoms with Crippen molar-refractivity contribution < 1.29 is 14.4 Å². The zero-order valence-electron chi connectivity index (χ0n) is 18.2. The number of carbonyl (C=O) groups is 3. The second-order valence-corrected chi connectivity index (χ2v) is 7.97. The van der Waals surface area contributed by atoms with Gasteiger partial charge in [-0.15, -0.1) is 0 Å². The van der Waals surface area contributed by atoms with Gasteiger partial charge in [0, 0.05) is 5.56 Å². The van der Waals surface area contributed by atoms with Gasteiger partial charge in [0.2, 0.25) is 0 Å². The van der Waals surface area contributed by atoms with Gasteiger partial charge in [-0.1, -0.05) is 66.7 Å². The molecule has 5 heteroatoms. The maximum atomic E-state index is 13.0. The largest absolute Gasteiger partial charge is 0.342 e. The predicted molar refractivity (Wildman–Crippen MR) is 131 cm³/mol. The first kappa shape index (κ1) is 22.0. The normalized spacial score (nSPS) is 11.5. The van der Waals surface area contributed by atoms with Gasteiger partial charge in [-0.3, -0.25) is 9.59 Å². The molecule has 0 spiro atoms. The molecule has 4 aromatic rings. The quantitative estimate of drug-likeness (QED) is 0.403. The Balaban J connectivity index is 1.54. The summed E-state index contributed by atoms with van der Waals surface area (Å²) in [6.45, 7) is 1.89. The van der Waals surface area contributed by atoms with Crippen LogP contribution in [0.3, 0.4) is 0 Å². The molecule has 0 saturated heterocycles. The Morgan fingerprint density at radius 2 is 1.55 bits per heavy atom. The van der Waals surface area contributed by atoms with Gasteiger partial charge >= 0.3 is 0 Å². The first-order chi connectivity index (χ1) is 16.0. The summed E-state index contributed by atoms with van der Waals surface area (Å²) in [5, 5.41) is 7.64. The van der Waals surface area contributed by atoms with E-state index in [0.717, 1.165) is 28.2 Å². The van der Waals surface area contributed by atoms with Crippen molar-refractivity contribution in [2.75, 3.05) is 5.32 Å². The first-order valence-electron chi connectivity index (χ1n) is 10.7. The van der Waals surface area contributed by atoms with Crippen LogP contribution in [0.5, 0.6) is 0 Å². The number of aryl methyl sites for hydroxylation is 1. The molecule has 2 amide bonds. The van der Waals surface area contributed by atoms with Crippen molar-refractivity contribution >= 4 is 34.6 Å². The molecule has 33 heavy (non-hydrogen) atoms. The number of fused-ring (bicyclic) bond motifs is 1.